The fourth-order valence-electron chi connectivity index (χ4n) is 2.43. The van der Waals surface area contributed by atoms with Gasteiger partial charge in [-0.3, -0.25) is 0 Å². The van der Waals surface area contributed by atoms with Crippen molar-refractivity contribution in [3.63, 3.8) is 0 Å². The van der Waals surface area contributed by atoms with Crippen molar-refractivity contribution in [3.05, 3.63) is 46.8 Å². The average molecular weight is 379 g/mol. The molecule has 0 N–H and O–H groups in total. The zero-order chi connectivity index (χ0) is 17.6. The molecule has 0 bridgehead atoms. The van der Waals surface area contributed by atoms with Crippen LogP contribution in [0.1, 0.15) is 17.9 Å². The average Bonchev–Trinajstić information content (AvgIpc) is 3.20. The first-order valence-electron chi connectivity index (χ1n) is 7.91. The Bertz CT molecular complexity index is 834. The van der Waals surface area contributed by atoms with E-state index in [2.05, 4.69) is 19.9 Å². The maximum absolute atomic E-state index is 6.34. The number of methoxy groups -OCH3 is 1. The first kappa shape index (κ1) is 18.0. The molecule has 0 aliphatic rings. The van der Waals surface area contributed by atoms with E-state index in [-0.39, 0.29) is 0 Å². The Morgan fingerprint density at radius 2 is 2.12 bits per heavy atom. The lowest BCUT2D eigenvalue weighted by Crippen LogP contribution is -2.05. The van der Waals surface area contributed by atoms with Crippen LogP contribution in [0.3, 0.4) is 0 Å². The molecular formula is C17H19ClN4O2S. The van der Waals surface area contributed by atoms with Crippen LogP contribution < -0.4 is 0 Å². The van der Waals surface area contributed by atoms with Gasteiger partial charge in [-0.2, -0.15) is 0 Å². The molecule has 0 fully saturated rings. The summed E-state index contributed by atoms with van der Waals surface area (Å²) in [5.41, 5.74) is 1.76. The number of aromatic nitrogens is 4. The SMILES string of the molecule is COCCCn1c(SCc2cc(C)on2)nnc1-c1ccccc1Cl. The number of aryl methyl sites for hydroxylation is 1. The van der Waals surface area contributed by atoms with Crippen LogP contribution in [-0.2, 0) is 17.0 Å². The first-order valence-corrected chi connectivity index (χ1v) is 9.27. The summed E-state index contributed by atoms with van der Waals surface area (Å²) in [7, 11) is 1.70. The zero-order valence-electron chi connectivity index (χ0n) is 14.1. The lowest BCUT2D eigenvalue weighted by molar-refractivity contribution is 0.189. The lowest BCUT2D eigenvalue weighted by atomic mass is 10.2. The highest BCUT2D eigenvalue weighted by atomic mass is 35.5. The molecule has 25 heavy (non-hydrogen) atoms. The minimum Gasteiger partial charge on any atom is -0.385 e. The van der Waals surface area contributed by atoms with Crippen LogP contribution in [0.25, 0.3) is 11.4 Å². The van der Waals surface area contributed by atoms with Crippen LogP contribution in [-0.4, -0.2) is 33.6 Å². The van der Waals surface area contributed by atoms with Crippen molar-refractivity contribution < 1.29 is 9.26 Å². The van der Waals surface area contributed by atoms with E-state index in [4.69, 9.17) is 20.9 Å². The van der Waals surface area contributed by atoms with Gasteiger partial charge in [0.2, 0.25) is 0 Å². The monoisotopic (exact) mass is 378 g/mol. The Balaban J connectivity index is 1.85. The molecule has 2 aromatic heterocycles. The predicted molar refractivity (Wildman–Crippen MR) is 97.8 cm³/mol. The van der Waals surface area contributed by atoms with Crippen LogP contribution in [0.15, 0.2) is 40.0 Å². The quantitative estimate of drug-likeness (QED) is 0.432. The van der Waals surface area contributed by atoms with Crippen molar-refractivity contribution in [2.24, 2.45) is 0 Å². The number of rotatable bonds is 8. The van der Waals surface area contributed by atoms with E-state index >= 15 is 0 Å². The molecule has 8 heteroatoms. The summed E-state index contributed by atoms with van der Waals surface area (Å²) in [6.07, 6.45) is 0.864. The molecule has 0 saturated heterocycles. The lowest BCUT2D eigenvalue weighted by Gasteiger charge is -2.10. The molecule has 2 heterocycles. The molecule has 3 aromatic rings. The summed E-state index contributed by atoms with van der Waals surface area (Å²) < 4.78 is 12.4. The highest BCUT2D eigenvalue weighted by Crippen LogP contribution is 2.30. The summed E-state index contributed by atoms with van der Waals surface area (Å²) in [6.45, 7) is 3.30. The van der Waals surface area contributed by atoms with Crippen LogP contribution in [0, 0.1) is 6.92 Å². The third kappa shape index (κ3) is 4.42. The smallest absolute Gasteiger partial charge is 0.191 e. The second-order valence-electron chi connectivity index (χ2n) is 5.50. The Kier molecular flexibility index (Phi) is 6.12. The molecule has 0 amide bonds. The molecule has 0 aliphatic heterocycles. The van der Waals surface area contributed by atoms with Crippen molar-refractivity contribution in [2.45, 2.75) is 30.8 Å². The van der Waals surface area contributed by atoms with Gasteiger partial charge in [0.25, 0.3) is 0 Å². The maximum atomic E-state index is 6.34. The zero-order valence-corrected chi connectivity index (χ0v) is 15.7. The van der Waals surface area contributed by atoms with E-state index in [0.717, 1.165) is 41.0 Å². The van der Waals surface area contributed by atoms with Crippen molar-refractivity contribution in [1.82, 2.24) is 19.9 Å². The number of thioether (sulfide) groups is 1. The van der Waals surface area contributed by atoms with Crippen molar-refractivity contribution in [1.29, 1.82) is 0 Å². The number of halogens is 1. The summed E-state index contributed by atoms with van der Waals surface area (Å²) in [5, 5.41) is 14.2. The summed E-state index contributed by atoms with van der Waals surface area (Å²) in [5.74, 6) is 2.23. The molecule has 0 atom stereocenters. The molecule has 1 aromatic carbocycles. The van der Waals surface area contributed by atoms with Gasteiger partial charge >= 0.3 is 0 Å². The largest absolute Gasteiger partial charge is 0.385 e. The standard InChI is InChI=1S/C17H19ClN4O2S/c1-12-10-13(21-24-12)11-25-17-20-19-16(22(17)8-5-9-23-2)14-6-3-4-7-15(14)18/h3-4,6-7,10H,5,8-9,11H2,1-2H3. The van der Waals surface area contributed by atoms with E-state index in [1.807, 2.05) is 37.3 Å². The second kappa shape index (κ2) is 8.51. The Morgan fingerprint density at radius 1 is 1.28 bits per heavy atom. The second-order valence-corrected chi connectivity index (χ2v) is 6.85. The molecule has 3 rings (SSSR count). The fourth-order valence-corrected chi connectivity index (χ4v) is 3.50. The van der Waals surface area contributed by atoms with E-state index in [9.17, 15) is 0 Å². The molecule has 132 valence electrons. The van der Waals surface area contributed by atoms with Gasteiger partial charge in [-0.15, -0.1) is 10.2 Å². The van der Waals surface area contributed by atoms with Crippen LogP contribution >= 0.6 is 23.4 Å². The first-order chi connectivity index (χ1) is 12.2. The van der Waals surface area contributed by atoms with Gasteiger partial charge in [0.05, 0.1) is 10.7 Å². The Labute approximate surface area is 155 Å². The number of hydrogen-bond acceptors (Lipinski definition) is 6. The van der Waals surface area contributed by atoms with Gasteiger partial charge in [0.15, 0.2) is 11.0 Å². The van der Waals surface area contributed by atoms with E-state index in [1.54, 1.807) is 18.9 Å². The molecule has 0 radical (unpaired) electrons. The molecule has 0 saturated carbocycles. The minimum atomic E-state index is 0.659. The van der Waals surface area contributed by atoms with Gasteiger partial charge in [-0.1, -0.05) is 40.7 Å². The number of benzene rings is 1. The van der Waals surface area contributed by atoms with Crippen LogP contribution in [0.2, 0.25) is 5.02 Å². The topological polar surface area (TPSA) is 66.0 Å². The van der Waals surface area contributed by atoms with E-state index < -0.39 is 0 Å². The van der Waals surface area contributed by atoms with Crippen molar-refractivity contribution in [2.75, 3.05) is 13.7 Å². The summed E-state index contributed by atoms with van der Waals surface area (Å²) in [4.78, 5) is 0. The normalized spacial score (nSPS) is 11.2. The third-order valence-electron chi connectivity index (χ3n) is 3.59. The maximum Gasteiger partial charge on any atom is 0.191 e. The molecule has 6 nitrogen and oxygen atoms in total. The van der Waals surface area contributed by atoms with E-state index in [1.165, 1.54) is 0 Å². The van der Waals surface area contributed by atoms with Gasteiger partial charge in [0, 0.05) is 37.6 Å². The summed E-state index contributed by atoms with van der Waals surface area (Å²) in [6, 6.07) is 9.58. The van der Waals surface area contributed by atoms with Crippen LogP contribution in [0.5, 0.6) is 0 Å². The number of hydrogen-bond donors (Lipinski definition) is 0. The molecule has 0 unspecified atom stereocenters. The van der Waals surface area contributed by atoms with Gasteiger partial charge in [-0.25, -0.2) is 0 Å². The number of ether oxygens (including phenoxy) is 1. The van der Waals surface area contributed by atoms with E-state index in [0.29, 0.717) is 17.4 Å². The Hall–Kier alpha value is -1.83. The van der Waals surface area contributed by atoms with Crippen molar-refractivity contribution in [3.8, 4) is 11.4 Å². The molecule has 0 aliphatic carbocycles. The molecular weight excluding hydrogens is 360 g/mol. The van der Waals surface area contributed by atoms with Gasteiger partial charge < -0.3 is 13.8 Å². The summed E-state index contributed by atoms with van der Waals surface area (Å²) >= 11 is 7.92. The Morgan fingerprint density at radius 3 is 2.84 bits per heavy atom. The number of nitrogens with zero attached hydrogens (tertiary/aromatic N) is 4. The predicted octanol–water partition coefficient (Wildman–Crippen LogP) is 4.22. The third-order valence-corrected chi connectivity index (χ3v) is 4.92. The van der Waals surface area contributed by atoms with Crippen molar-refractivity contribution >= 4 is 23.4 Å². The highest BCUT2D eigenvalue weighted by molar-refractivity contribution is 7.98. The van der Waals surface area contributed by atoms with Crippen LogP contribution in [0.4, 0.5) is 0 Å². The highest BCUT2D eigenvalue weighted by Gasteiger charge is 2.16. The molecule has 0 spiro atoms. The fraction of sp³-hybridized carbons (Fsp3) is 0.353. The van der Waals surface area contributed by atoms with Gasteiger partial charge in [-0.05, 0) is 25.5 Å². The van der Waals surface area contributed by atoms with Gasteiger partial charge in [0.1, 0.15) is 5.76 Å². The minimum absolute atomic E-state index is 0.659.